The van der Waals surface area contributed by atoms with Crippen molar-refractivity contribution in [3.05, 3.63) is 0 Å². The molecular formula is C16H36O4. The molecule has 0 aliphatic heterocycles. The summed E-state index contributed by atoms with van der Waals surface area (Å²) in [4.78, 5) is 0. The molecule has 0 aromatic carbocycles. The van der Waals surface area contributed by atoms with Crippen LogP contribution in [-0.4, -0.2) is 49.4 Å². The molecule has 0 spiro atoms. The molecule has 4 nitrogen and oxygen atoms in total. The van der Waals surface area contributed by atoms with Gasteiger partial charge >= 0.3 is 0 Å². The second-order valence-electron chi connectivity index (χ2n) is 4.81. The minimum absolute atomic E-state index is 0.0278. The van der Waals surface area contributed by atoms with Gasteiger partial charge in [0.15, 0.2) is 0 Å². The third-order valence-corrected chi connectivity index (χ3v) is 2.89. The Bertz CT molecular complexity index is 149. The van der Waals surface area contributed by atoms with E-state index in [4.69, 9.17) is 14.9 Å². The van der Waals surface area contributed by atoms with Crippen LogP contribution in [0, 0.1) is 0 Å². The molecule has 1 unspecified atom stereocenters. The van der Waals surface area contributed by atoms with Crippen LogP contribution in [0.15, 0.2) is 0 Å². The first-order valence-corrected chi connectivity index (χ1v) is 8.17. The van der Waals surface area contributed by atoms with Gasteiger partial charge in [0.2, 0.25) is 0 Å². The van der Waals surface area contributed by atoms with Gasteiger partial charge in [0.25, 0.3) is 0 Å². The van der Waals surface area contributed by atoms with Crippen molar-refractivity contribution in [2.45, 2.75) is 71.8 Å². The lowest BCUT2D eigenvalue weighted by Gasteiger charge is -2.14. The average Bonchev–Trinajstić information content (AvgIpc) is 2.47. The predicted molar refractivity (Wildman–Crippen MR) is 84.1 cm³/mol. The zero-order valence-corrected chi connectivity index (χ0v) is 13.8. The van der Waals surface area contributed by atoms with E-state index < -0.39 is 0 Å². The molecule has 0 aliphatic carbocycles. The standard InChI is InChI=1S/C12H26O.C4H10O3/c1-4-7-8-9-11-13-12(6-3)10-5-2;5-1-3-7-4-2-6/h12H,4-11H2,1-3H3;5-6H,1-4H2. The molecule has 0 radical (unpaired) electrons. The van der Waals surface area contributed by atoms with Crippen molar-refractivity contribution < 1.29 is 19.7 Å². The zero-order chi connectivity index (χ0) is 15.5. The van der Waals surface area contributed by atoms with Crippen LogP contribution < -0.4 is 0 Å². The van der Waals surface area contributed by atoms with Crippen molar-refractivity contribution in [1.29, 1.82) is 0 Å². The fraction of sp³-hybridized carbons (Fsp3) is 1.00. The van der Waals surface area contributed by atoms with Crippen LogP contribution in [0.1, 0.15) is 65.7 Å². The number of hydrogen-bond donors (Lipinski definition) is 2. The van der Waals surface area contributed by atoms with E-state index in [1.165, 1.54) is 44.9 Å². The molecule has 0 saturated heterocycles. The SMILES string of the molecule is CCCCCCOC(CC)CCC.OCCOCCO. The Labute approximate surface area is 125 Å². The van der Waals surface area contributed by atoms with Crippen LogP contribution in [0.5, 0.6) is 0 Å². The molecule has 0 rings (SSSR count). The van der Waals surface area contributed by atoms with E-state index in [0.717, 1.165) is 6.61 Å². The lowest BCUT2D eigenvalue weighted by Crippen LogP contribution is -2.12. The Balaban J connectivity index is 0. The van der Waals surface area contributed by atoms with Crippen molar-refractivity contribution >= 4 is 0 Å². The second-order valence-corrected chi connectivity index (χ2v) is 4.81. The van der Waals surface area contributed by atoms with Crippen LogP contribution >= 0.6 is 0 Å². The normalized spacial score (nSPS) is 11.8. The van der Waals surface area contributed by atoms with E-state index in [0.29, 0.717) is 19.3 Å². The number of aliphatic hydroxyl groups is 2. The summed E-state index contributed by atoms with van der Waals surface area (Å²) in [5.74, 6) is 0. The van der Waals surface area contributed by atoms with Crippen LogP contribution in [-0.2, 0) is 9.47 Å². The molecule has 0 amide bonds. The smallest absolute Gasteiger partial charge is 0.0698 e. The minimum Gasteiger partial charge on any atom is -0.394 e. The lowest BCUT2D eigenvalue weighted by molar-refractivity contribution is 0.0420. The molecule has 4 heteroatoms. The highest BCUT2D eigenvalue weighted by Crippen LogP contribution is 2.08. The Hall–Kier alpha value is -0.160. The molecule has 20 heavy (non-hydrogen) atoms. The molecular weight excluding hydrogens is 256 g/mol. The summed E-state index contributed by atoms with van der Waals surface area (Å²) >= 11 is 0. The molecule has 0 heterocycles. The first-order valence-electron chi connectivity index (χ1n) is 8.17. The zero-order valence-electron chi connectivity index (χ0n) is 13.8. The highest BCUT2D eigenvalue weighted by atomic mass is 16.5. The summed E-state index contributed by atoms with van der Waals surface area (Å²) in [6.07, 6.45) is 9.40. The van der Waals surface area contributed by atoms with Gasteiger partial charge in [0.1, 0.15) is 0 Å². The monoisotopic (exact) mass is 292 g/mol. The summed E-state index contributed by atoms with van der Waals surface area (Å²) in [6, 6.07) is 0. The van der Waals surface area contributed by atoms with Gasteiger partial charge in [-0.25, -0.2) is 0 Å². The second kappa shape index (κ2) is 21.1. The van der Waals surface area contributed by atoms with E-state index in [-0.39, 0.29) is 13.2 Å². The number of aliphatic hydroxyl groups excluding tert-OH is 2. The number of rotatable bonds is 13. The number of hydrogen-bond acceptors (Lipinski definition) is 4. The van der Waals surface area contributed by atoms with Gasteiger partial charge in [0.05, 0.1) is 32.5 Å². The predicted octanol–water partition coefficient (Wildman–Crippen LogP) is 3.15. The lowest BCUT2D eigenvalue weighted by atomic mass is 10.1. The molecule has 0 aromatic rings. The highest BCUT2D eigenvalue weighted by molar-refractivity contribution is 4.53. The van der Waals surface area contributed by atoms with Crippen LogP contribution in [0.4, 0.5) is 0 Å². The Morgan fingerprint density at radius 2 is 1.45 bits per heavy atom. The van der Waals surface area contributed by atoms with Crippen molar-refractivity contribution in [1.82, 2.24) is 0 Å². The van der Waals surface area contributed by atoms with Crippen LogP contribution in [0.25, 0.3) is 0 Å². The molecule has 0 aliphatic rings. The van der Waals surface area contributed by atoms with Gasteiger partial charge < -0.3 is 19.7 Å². The van der Waals surface area contributed by atoms with E-state index in [2.05, 4.69) is 25.5 Å². The molecule has 1 atom stereocenters. The molecule has 0 aromatic heterocycles. The summed E-state index contributed by atoms with van der Waals surface area (Å²) in [5.41, 5.74) is 0. The van der Waals surface area contributed by atoms with Crippen molar-refractivity contribution in [3.63, 3.8) is 0 Å². The third kappa shape index (κ3) is 20.2. The van der Waals surface area contributed by atoms with Crippen molar-refractivity contribution in [3.8, 4) is 0 Å². The molecule has 124 valence electrons. The molecule has 0 fully saturated rings. The van der Waals surface area contributed by atoms with Crippen LogP contribution in [0.3, 0.4) is 0 Å². The summed E-state index contributed by atoms with van der Waals surface area (Å²) in [5, 5.41) is 16.2. The fourth-order valence-corrected chi connectivity index (χ4v) is 1.74. The topological polar surface area (TPSA) is 58.9 Å². The largest absolute Gasteiger partial charge is 0.394 e. The Kier molecular flexibility index (Phi) is 23.4. The maximum atomic E-state index is 8.09. The van der Waals surface area contributed by atoms with E-state index in [1.54, 1.807) is 0 Å². The molecule has 2 N–H and O–H groups in total. The average molecular weight is 292 g/mol. The van der Waals surface area contributed by atoms with Crippen molar-refractivity contribution in [2.75, 3.05) is 33.0 Å². The number of unbranched alkanes of at least 4 members (excludes halogenated alkanes) is 3. The highest BCUT2D eigenvalue weighted by Gasteiger charge is 2.03. The van der Waals surface area contributed by atoms with Crippen LogP contribution in [0.2, 0.25) is 0 Å². The minimum atomic E-state index is 0.0278. The van der Waals surface area contributed by atoms with Gasteiger partial charge in [0, 0.05) is 6.61 Å². The summed E-state index contributed by atoms with van der Waals surface area (Å²) < 4.78 is 10.4. The first-order chi connectivity index (χ1) is 9.76. The first kappa shape index (κ1) is 22.1. The fourth-order valence-electron chi connectivity index (χ4n) is 1.74. The van der Waals surface area contributed by atoms with E-state index >= 15 is 0 Å². The quantitative estimate of drug-likeness (QED) is 0.512. The van der Waals surface area contributed by atoms with Gasteiger partial charge in [-0.3, -0.25) is 0 Å². The Morgan fingerprint density at radius 1 is 0.800 bits per heavy atom. The van der Waals surface area contributed by atoms with E-state index in [1.807, 2.05) is 0 Å². The maximum absolute atomic E-state index is 8.09. The molecule has 0 bridgehead atoms. The maximum Gasteiger partial charge on any atom is 0.0698 e. The van der Waals surface area contributed by atoms with Gasteiger partial charge in [-0.05, 0) is 19.3 Å². The Morgan fingerprint density at radius 3 is 1.90 bits per heavy atom. The van der Waals surface area contributed by atoms with E-state index in [9.17, 15) is 0 Å². The third-order valence-electron chi connectivity index (χ3n) is 2.89. The van der Waals surface area contributed by atoms with Gasteiger partial charge in [-0.1, -0.05) is 46.5 Å². The van der Waals surface area contributed by atoms with Crippen molar-refractivity contribution in [2.24, 2.45) is 0 Å². The molecule has 0 saturated carbocycles. The summed E-state index contributed by atoms with van der Waals surface area (Å²) in [7, 11) is 0. The van der Waals surface area contributed by atoms with Gasteiger partial charge in [-0.15, -0.1) is 0 Å². The van der Waals surface area contributed by atoms with Gasteiger partial charge in [-0.2, -0.15) is 0 Å². The number of ether oxygens (including phenoxy) is 2. The summed E-state index contributed by atoms with van der Waals surface area (Å²) in [6.45, 7) is 8.35.